The van der Waals surface area contributed by atoms with Crippen LogP contribution in [0.1, 0.15) is 15.9 Å². The third-order valence-corrected chi connectivity index (χ3v) is 3.84. The molecule has 8 heteroatoms. The van der Waals surface area contributed by atoms with Crippen LogP contribution in [0.15, 0.2) is 79.1 Å². The fourth-order valence-corrected chi connectivity index (χ4v) is 2.49. The first-order chi connectivity index (χ1) is 14.5. The number of nitrogens with one attached hydrogen (secondary N) is 2. The van der Waals surface area contributed by atoms with Crippen molar-refractivity contribution in [1.82, 2.24) is 4.98 Å². The summed E-state index contributed by atoms with van der Waals surface area (Å²) in [4.78, 5) is 28.2. The molecule has 0 bridgehead atoms. The van der Waals surface area contributed by atoms with Crippen LogP contribution in [-0.4, -0.2) is 23.4 Å². The van der Waals surface area contributed by atoms with Gasteiger partial charge in [-0.1, -0.05) is 18.2 Å². The zero-order chi connectivity index (χ0) is 21.3. The molecule has 3 rings (SSSR count). The van der Waals surface area contributed by atoms with Crippen LogP contribution in [0.4, 0.5) is 20.2 Å². The van der Waals surface area contributed by atoms with Crippen LogP contribution in [0, 0.1) is 0 Å². The summed E-state index contributed by atoms with van der Waals surface area (Å²) in [7, 11) is 0. The largest absolute Gasteiger partial charge is 0.435 e. The van der Waals surface area contributed by atoms with Crippen molar-refractivity contribution >= 4 is 29.3 Å². The zero-order valence-corrected chi connectivity index (χ0v) is 15.6. The SMILES string of the molecule is O=C(/C=C/c1ccc(OC(F)F)cc1)Nc1cccc(NC(=O)c2cccnc2)c1. The molecule has 152 valence electrons. The van der Waals surface area contributed by atoms with Crippen LogP contribution >= 0.6 is 0 Å². The number of aromatic nitrogens is 1. The average Bonchev–Trinajstić information content (AvgIpc) is 2.74. The molecule has 0 atom stereocenters. The highest BCUT2D eigenvalue weighted by molar-refractivity contribution is 6.05. The van der Waals surface area contributed by atoms with E-state index in [1.807, 2.05) is 0 Å². The van der Waals surface area contributed by atoms with Crippen molar-refractivity contribution in [2.24, 2.45) is 0 Å². The molecule has 0 aliphatic carbocycles. The summed E-state index contributed by atoms with van der Waals surface area (Å²) in [6.07, 6.45) is 5.88. The number of rotatable bonds is 7. The van der Waals surface area contributed by atoms with Crippen LogP contribution in [0.3, 0.4) is 0 Å². The Balaban J connectivity index is 1.58. The molecular formula is C22H17F2N3O3. The van der Waals surface area contributed by atoms with Crippen LogP contribution in [0.5, 0.6) is 5.75 Å². The molecule has 2 aromatic carbocycles. The molecule has 0 saturated carbocycles. The zero-order valence-electron chi connectivity index (χ0n) is 15.6. The lowest BCUT2D eigenvalue weighted by atomic mass is 10.2. The quantitative estimate of drug-likeness (QED) is 0.560. The molecule has 3 aromatic rings. The van der Waals surface area contributed by atoms with Gasteiger partial charge in [0.05, 0.1) is 5.56 Å². The van der Waals surface area contributed by atoms with E-state index >= 15 is 0 Å². The number of pyridine rings is 1. The van der Waals surface area contributed by atoms with Crippen molar-refractivity contribution in [2.45, 2.75) is 6.61 Å². The van der Waals surface area contributed by atoms with Gasteiger partial charge in [0.2, 0.25) is 5.91 Å². The summed E-state index contributed by atoms with van der Waals surface area (Å²) in [5.41, 5.74) is 2.07. The van der Waals surface area contributed by atoms with Gasteiger partial charge in [-0.25, -0.2) is 0 Å². The molecule has 0 aliphatic rings. The summed E-state index contributed by atoms with van der Waals surface area (Å²) in [5, 5.41) is 5.42. The number of halogens is 2. The van der Waals surface area contributed by atoms with E-state index in [-0.39, 0.29) is 11.7 Å². The Morgan fingerprint density at radius 1 is 0.967 bits per heavy atom. The van der Waals surface area contributed by atoms with Gasteiger partial charge in [-0.05, 0) is 54.1 Å². The van der Waals surface area contributed by atoms with Crippen molar-refractivity contribution in [1.29, 1.82) is 0 Å². The Bertz CT molecular complexity index is 1040. The Hall–Kier alpha value is -4.07. The molecule has 1 heterocycles. The van der Waals surface area contributed by atoms with E-state index in [1.165, 1.54) is 30.5 Å². The van der Waals surface area contributed by atoms with E-state index in [0.717, 1.165) is 0 Å². The first kappa shape index (κ1) is 20.7. The van der Waals surface area contributed by atoms with Crippen molar-refractivity contribution in [2.75, 3.05) is 10.6 Å². The summed E-state index contributed by atoms with van der Waals surface area (Å²) < 4.78 is 28.6. The van der Waals surface area contributed by atoms with Gasteiger partial charge in [0.1, 0.15) is 5.75 Å². The van der Waals surface area contributed by atoms with Crippen LogP contribution in [0.2, 0.25) is 0 Å². The third kappa shape index (κ3) is 6.23. The number of alkyl halides is 2. The number of carbonyl (C=O) groups excluding carboxylic acids is 2. The number of hydrogen-bond donors (Lipinski definition) is 2. The molecule has 6 nitrogen and oxygen atoms in total. The van der Waals surface area contributed by atoms with E-state index in [4.69, 9.17) is 0 Å². The van der Waals surface area contributed by atoms with Gasteiger partial charge >= 0.3 is 6.61 Å². The fraction of sp³-hybridized carbons (Fsp3) is 0.0455. The molecule has 0 fully saturated rings. The van der Waals surface area contributed by atoms with Gasteiger partial charge in [0, 0.05) is 29.8 Å². The molecule has 0 aliphatic heterocycles. The highest BCUT2D eigenvalue weighted by atomic mass is 19.3. The second kappa shape index (κ2) is 9.92. The Labute approximate surface area is 171 Å². The fourth-order valence-electron chi connectivity index (χ4n) is 2.49. The highest BCUT2D eigenvalue weighted by Gasteiger charge is 2.07. The molecule has 0 unspecified atom stereocenters. The lowest BCUT2D eigenvalue weighted by Crippen LogP contribution is -2.13. The highest BCUT2D eigenvalue weighted by Crippen LogP contribution is 2.17. The van der Waals surface area contributed by atoms with Gasteiger partial charge in [0.25, 0.3) is 5.91 Å². The smallest absolute Gasteiger partial charge is 0.387 e. The third-order valence-electron chi connectivity index (χ3n) is 3.84. The molecular weight excluding hydrogens is 392 g/mol. The first-order valence-corrected chi connectivity index (χ1v) is 8.85. The lowest BCUT2D eigenvalue weighted by molar-refractivity contribution is -0.111. The standard InChI is InChI=1S/C22H17F2N3O3/c23-22(24)30-19-9-6-15(7-10-19)8-11-20(28)26-17-4-1-5-18(13-17)27-21(29)16-3-2-12-25-14-16/h1-14,22H,(H,26,28)(H,27,29)/b11-8+. The van der Waals surface area contributed by atoms with E-state index in [0.29, 0.717) is 22.5 Å². The predicted octanol–water partition coefficient (Wildman–Crippen LogP) is 4.59. The number of carbonyl (C=O) groups is 2. The van der Waals surface area contributed by atoms with E-state index < -0.39 is 12.5 Å². The molecule has 0 spiro atoms. The van der Waals surface area contributed by atoms with Crippen molar-refractivity contribution in [3.63, 3.8) is 0 Å². The van der Waals surface area contributed by atoms with Gasteiger partial charge in [0.15, 0.2) is 0 Å². The number of nitrogens with zero attached hydrogens (tertiary/aromatic N) is 1. The number of benzene rings is 2. The monoisotopic (exact) mass is 409 g/mol. The average molecular weight is 409 g/mol. The maximum atomic E-state index is 12.2. The molecule has 30 heavy (non-hydrogen) atoms. The number of ether oxygens (including phenoxy) is 1. The lowest BCUT2D eigenvalue weighted by Gasteiger charge is -2.08. The minimum Gasteiger partial charge on any atom is -0.435 e. The number of hydrogen-bond acceptors (Lipinski definition) is 4. The normalized spacial score (nSPS) is 10.8. The summed E-state index contributed by atoms with van der Waals surface area (Å²) in [6, 6.07) is 15.9. The van der Waals surface area contributed by atoms with Crippen LogP contribution in [0.25, 0.3) is 6.08 Å². The van der Waals surface area contributed by atoms with Crippen LogP contribution in [-0.2, 0) is 4.79 Å². The molecule has 2 N–H and O–H groups in total. The maximum Gasteiger partial charge on any atom is 0.387 e. The van der Waals surface area contributed by atoms with E-state index in [9.17, 15) is 18.4 Å². The molecule has 1 aromatic heterocycles. The van der Waals surface area contributed by atoms with Crippen molar-refractivity contribution < 1.29 is 23.1 Å². The van der Waals surface area contributed by atoms with Gasteiger partial charge in [-0.15, -0.1) is 0 Å². The van der Waals surface area contributed by atoms with Crippen molar-refractivity contribution in [3.8, 4) is 5.75 Å². The molecule has 0 radical (unpaired) electrons. The minimum absolute atomic E-state index is 0.0387. The maximum absolute atomic E-state index is 12.2. The number of anilines is 2. The molecule has 2 amide bonds. The van der Waals surface area contributed by atoms with Crippen LogP contribution < -0.4 is 15.4 Å². The second-order valence-corrected chi connectivity index (χ2v) is 6.05. The minimum atomic E-state index is -2.89. The van der Waals surface area contributed by atoms with Gasteiger partial charge < -0.3 is 15.4 Å². The van der Waals surface area contributed by atoms with Gasteiger partial charge in [-0.3, -0.25) is 14.6 Å². The second-order valence-electron chi connectivity index (χ2n) is 6.05. The van der Waals surface area contributed by atoms with Gasteiger partial charge in [-0.2, -0.15) is 8.78 Å². The molecule has 0 saturated heterocycles. The first-order valence-electron chi connectivity index (χ1n) is 8.85. The summed E-state index contributed by atoms with van der Waals surface area (Å²) in [6.45, 7) is -2.89. The van der Waals surface area contributed by atoms with E-state index in [2.05, 4.69) is 20.4 Å². The van der Waals surface area contributed by atoms with E-state index in [1.54, 1.807) is 54.7 Å². The Morgan fingerprint density at radius 3 is 2.37 bits per heavy atom. The Morgan fingerprint density at radius 2 is 1.70 bits per heavy atom. The predicted molar refractivity (Wildman–Crippen MR) is 109 cm³/mol. The topological polar surface area (TPSA) is 80.3 Å². The Kier molecular flexibility index (Phi) is 6.83. The summed E-state index contributed by atoms with van der Waals surface area (Å²) >= 11 is 0. The number of amides is 2. The van der Waals surface area contributed by atoms with Crippen molar-refractivity contribution in [3.05, 3.63) is 90.3 Å². The summed E-state index contributed by atoms with van der Waals surface area (Å²) in [5.74, 6) is -0.666.